The van der Waals surface area contributed by atoms with Crippen LogP contribution in [-0.4, -0.2) is 58.1 Å². The number of hydrogen-bond donors (Lipinski definition) is 2. The lowest BCUT2D eigenvalue weighted by molar-refractivity contribution is -0.183. The fourth-order valence-electron chi connectivity index (χ4n) is 9.11. The highest BCUT2D eigenvalue weighted by atomic mass is 16.8. The van der Waals surface area contributed by atoms with Crippen LogP contribution in [0.3, 0.4) is 0 Å². The van der Waals surface area contributed by atoms with Gasteiger partial charge in [0, 0.05) is 17.9 Å². The Balaban J connectivity index is 1.52. The molecule has 4 fully saturated rings. The van der Waals surface area contributed by atoms with Gasteiger partial charge in [0.25, 0.3) is 0 Å². The first-order valence-corrected chi connectivity index (χ1v) is 15.3. The van der Waals surface area contributed by atoms with Crippen molar-refractivity contribution in [3.63, 3.8) is 0 Å². The number of hydrogen-bond acceptors (Lipinski definition) is 6. The van der Waals surface area contributed by atoms with Gasteiger partial charge in [-0.1, -0.05) is 68.5 Å². The van der Waals surface area contributed by atoms with E-state index in [4.69, 9.17) is 18.9 Å². The lowest BCUT2D eigenvalue weighted by Gasteiger charge is -2.56. The number of benzene rings is 1. The molecule has 41 heavy (non-hydrogen) atoms. The third-order valence-electron chi connectivity index (χ3n) is 10.7. The molecule has 6 rings (SSSR count). The molecule has 0 unspecified atom stereocenters. The number of rotatable bonds is 2. The minimum atomic E-state index is -1.16. The van der Waals surface area contributed by atoms with Gasteiger partial charge >= 0.3 is 0 Å². The van der Waals surface area contributed by atoms with Gasteiger partial charge in [0.1, 0.15) is 5.60 Å². The van der Waals surface area contributed by atoms with Gasteiger partial charge in [0.15, 0.2) is 11.6 Å². The first-order valence-electron chi connectivity index (χ1n) is 15.3. The SMILES string of the molecule is C[C@H]1C/C=C/[C@H]2[C@@H]3OC(C)(C)O[C@]3(C)[C@@H](C)[C@H]3[C@H](Cc4ccccc4)NC(=O)[C@@]32[C@H](O)/C=C/[C@@]2(C)OC(C)(C)O[C@H]12. The van der Waals surface area contributed by atoms with Gasteiger partial charge in [-0.2, -0.15) is 0 Å². The first-order chi connectivity index (χ1) is 19.1. The van der Waals surface area contributed by atoms with Crippen molar-refractivity contribution in [1.82, 2.24) is 5.32 Å². The van der Waals surface area contributed by atoms with Crippen molar-refractivity contribution in [3.8, 4) is 0 Å². The smallest absolute Gasteiger partial charge is 0.230 e. The van der Waals surface area contributed by atoms with Crippen LogP contribution in [0.25, 0.3) is 0 Å². The second kappa shape index (κ2) is 9.48. The fraction of sp³-hybridized carbons (Fsp3) is 0.676. The normalized spacial score (nSPS) is 49.5. The average molecular weight is 566 g/mol. The molecule has 7 heteroatoms. The molecule has 0 bridgehead atoms. The van der Waals surface area contributed by atoms with Crippen molar-refractivity contribution in [3.05, 3.63) is 60.2 Å². The fourth-order valence-corrected chi connectivity index (χ4v) is 9.11. The van der Waals surface area contributed by atoms with Crippen LogP contribution in [0.4, 0.5) is 0 Å². The summed E-state index contributed by atoms with van der Waals surface area (Å²) in [6.07, 6.45) is 7.72. The van der Waals surface area contributed by atoms with Crippen LogP contribution in [0, 0.1) is 29.1 Å². The summed E-state index contributed by atoms with van der Waals surface area (Å²) < 4.78 is 26.2. The first kappa shape index (κ1) is 29.1. The number of aliphatic hydroxyl groups excluding tert-OH is 1. The number of nitrogens with one attached hydrogen (secondary N) is 1. The summed E-state index contributed by atoms with van der Waals surface area (Å²) in [7, 11) is 0. The summed E-state index contributed by atoms with van der Waals surface area (Å²) in [5.41, 5.74) is -1.42. The van der Waals surface area contributed by atoms with Gasteiger partial charge in [-0.25, -0.2) is 0 Å². The topological polar surface area (TPSA) is 86.3 Å². The summed E-state index contributed by atoms with van der Waals surface area (Å²) in [5, 5.41) is 15.7. The number of amides is 1. The summed E-state index contributed by atoms with van der Waals surface area (Å²) in [6.45, 7) is 16.2. The van der Waals surface area contributed by atoms with Gasteiger partial charge in [0.05, 0.1) is 29.3 Å². The van der Waals surface area contributed by atoms with E-state index in [0.717, 1.165) is 12.0 Å². The van der Waals surface area contributed by atoms with E-state index in [1.54, 1.807) is 6.08 Å². The van der Waals surface area contributed by atoms with E-state index >= 15 is 0 Å². The molecule has 1 aromatic carbocycles. The summed E-state index contributed by atoms with van der Waals surface area (Å²) in [6, 6.07) is 10.1. The zero-order valence-electron chi connectivity index (χ0n) is 25.7. The maximum atomic E-state index is 14.5. The van der Waals surface area contributed by atoms with Crippen LogP contribution >= 0.6 is 0 Å². The molecule has 224 valence electrons. The number of ether oxygens (including phenoxy) is 4. The number of aliphatic hydroxyl groups is 1. The van der Waals surface area contributed by atoms with Gasteiger partial charge < -0.3 is 29.4 Å². The van der Waals surface area contributed by atoms with Crippen molar-refractivity contribution in [2.75, 3.05) is 0 Å². The molecule has 5 aliphatic rings. The molecular formula is C34H47NO6. The molecule has 3 heterocycles. The summed E-state index contributed by atoms with van der Waals surface area (Å²) in [4.78, 5) is 14.5. The molecular weight excluding hydrogens is 518 g/mol. The Kier molecular flexibility index (Phi) is 6.72. The zero-order valence-corrected chi connectivity index (χ0v) is 25.7. The molecule has 2 aliphatic carbocycles. The summed E-state index contributed by atoms with van der Waals surface area (Å²) >= 11 is 0. The molecule has 1 amide bonds. The maximum absolute atomic E-state index is 14.5. The van der Waals surface area contributed by atoms with Crippen LogP contribution < -0.4 is 5.32 Å². The molecule has 3 aliphatic heterocycles. The minimum absolute atomic E-state index is 0.0907. The average Bonchev–Trinajstić information content (AvgIpc) is 3.42. The van der Waals surface area contributed by atoms with Crippen LogP contribution in [-0.2, 0) is 30.2 Å². The monoisotopic (exact) mass is 565 g/mol. The Bertz CT molecular complexity index is 1240. The zero-order chi connectivity index (χ0) is 29.6. The molecule has 1 spiro atoms. The number of fused-ring (bicyclic) bond motifs is 3. The Labute approximate surface area is 244 Å². The Hall–Kier alpha value is -2.03. The largest absolute Gasteiger partial charge is 0.388 e. The predicted molar refractivity (Wildman–Crippen MR) is 156 cm³/mol. The number of carbonyl (C=O) groups excluding carboxylic acids is 1. The highest BCUT2D eigenvalue weighted by Gasteiger charge is 2.75. The van der Waals surface area contributed by atoms with Crippen LogP contribution in [0.15, 0.2) is 54.6 Å². The minimum Gasteiger partial charge on any atom is -0.388 e. The highest BCUT2D eigenvalue weighted by molar-refractivity contribution is 5.88. The van der Waals surface area contributed by atoms with E-state index in [0.29, 0.717) is 6.42 Å². The molecule has 7 nitrogen and oxygen atoms in total. The molecule has 0 aromatic heterocycles. The Morgan fingerprint density at radius 3 is 2.29 bits per heavy atom. The standard InChI is InChI=1S/C34H47NO6/c1-20-13-12-16-23-28-33(8,41-31(5,6)39-28)21(2)26-24(19-22-14-10-9-11-15-22)35-29(37)34(23,26)25(36)17-18-32(7)27(20)38-30(3,4)40-32/h9-12,14-18,20-21,23-28,36H,13,19H2,1-8H3,(H,35,37)/b16-12+,18-17+/t20-,21-,23-,24-,25+,26-,27+,28-,32+,33+,34-/m0/s1. The number of carbonyl (C=O) groups is 1. The van der Waals surface area contributed by atoms with Gasteiger partial charge in [0.2, 0.25) is 5.91 Å². The molecule has 1 saturated carbocycles. The molecule has 11 atom stereocenters. The molecule has 1 aromatic rings. The summed E-state index contributed by atoms with van der Waals surface area (Å²) in [5.74, 6) is -2.28. The highest BCUT2D eigenvalue weighted by Crippen LogP contribution is 2.64. The third-order valence-corrected chi connectivity index (χ3v) is 10.7. The van der Waals surface area contributed by atoms with Crippen LogP contribution in [0.1, 0.15) is 67.4 Å². The van der Waals surface area contributed by atoms with E-state index in [1.807, 2.05) is 58.9 Å². The maximum Gasteiger partial charge on any atom is 0.230 e. The van der Waals surface area contributed by atoms with Gasteiger partial charge in [-0.15, -0.1) is 0 Å². The van der Waals surface area contributed by atoms with Crippen molar-refractivity contribution in [2.45, 2.75) is 115 Å². The van der Waals surface area contributed by atoms with Gasteiger partial charge in [-0.3, -0.25) is 4.79 Å². The second-order valence-corrected chi connectivity index (χ2v) is 14.4. The van der Waals surface area contributed by atoms with Crippen molar-refractivity contribution < 1.29 is 28.8 Å². The quantitative estimate of drug-likeness (QED) is 0.495. The lowest BCUT2D eigenvalue weighted by atomic mass is 9.49. The molecule has 3 saturated heterocycles. The molecule has 0 radical (unpaired) electrons. The van der Waals surface area contributed by atoms with Crippen molar-refractivity contribution in [2.24, 2.45) is 29.1 Å². The Morgan fingerprint density at radius 2 is 1.59 bits per heavy atom. The van der Waals surface area contributed by atoms with E-state index in [9.17, 15) is 9.90 Å². The van der Waals surface area contributed by atoms with Crippen molar-refractivity contribution in [1.29, 1.82) is 0 Å². The van der Waals surface area contributed by atoms with Crippen LogP contribution in [0.2, 0.25) is 0 Å². The second-order valence-electron chi connectivity index (χ2n) is 14.4. The van der Waals surface area contributed by atoms with E-state index < -0.39 is 46.3 Å². The lowest BCUT2D eigenvalue weighted by Crippen LogP contribution is -2.66. The van der Waals surface area contributed by atoms with E-state index in [-0.39, 0.29) is 35.8 Å². The van der Waals surface area contributed by atoms with E-state index in [1.165, 1.54) is 0 Å². The third kappa shape index (κ3) is 4.37. The predicted octanol–water partition coefficient (Wildman–Crippen LogP) is 4.93. The molecule has 2 N–H and O–H groups in total. The van der Waals surface area contributed by atoms with Gasteiger partial charge in [-0.05, 0) is 71.8 Å². The van der Waals surface area contributed by atoms with Crippen LogP contribution in [0.5, 0.6) is 0 Å². The Morgan fingerprint density at radius 1 is 0.927 bits per heavy atom. The van der Waals surface area contributed by atoms with Crippen molar-refractivity contribution >= 4 is 5.91 Å². The van der Waals surface area contributed by atoms with E-state index in [2.05, 4.69) is 50.4 Å². The number of allylic oxidation sites excluding steroid dienone is 1.